The van der Waals surface area contributed by atoms with E-state index in [4.69, 9.17) is 21.1 Å². The fourth-order valence-corrected chi connectivity index (χ4v) is 5.78. The van der Waals surface area contributed by atoms with E-state index in [1.807, 2.05) is 0 Å². The van der Waals surface area contributed by atoms with Crippen molar-refractivity contribution in [2.45, 2.75) is 24.2 Å². The molecule has 39 heavy (non-hydrogen) atoms. The Hall–Kier alpha value is -3.28. The van der Waals surface area contributed by atoms with E-state index >= 15 is 0 Å². The molecule has 6 rings (SSSR count). The SMILES string of the molecule is COc1cc(N2CCN(C)CC2)c2cc1Nc1ncc(Cl)c(n1)Nc1ccc(cc1S(C)(=O)=O)OCCCC2. The lowest BCUT2D eigenvalue weighted by Gasteiger charge is -2.35. The summed E-state index contributed by atoms with van der Waals surface area (Å²) in [5.41, 5.74) is 3.44. The van der Waals surface area contributed by atoms with Crippen molar-refractivity contribution in [1.29, 1.82) is 0 Å². The number of likely N-dealkylation sites (N-methyl/N-ethyl adjacent to an activating group) is 1. The third-order valence-electron chi connectivity index (χ3n) is 6.95. The smallest absolute Gasteiger partial charge is 0.229 e. The highest BCUT2D eigenvalue weighted by Crippen LogP contribution is 2.37. The Labute approximate surface area is 234 Å². The predicted molar refractivity (Wildman–Crippen MR) is 154 cm³/mol. The van der Waals surface area contributed by atoms with Crippen LogP contribution in [0, 0.1) is 0 Å². The Morgan fingerprint density at radius 3 is 2.59 bits per heavy atom. The van der Waals surface area contributed by atoms with Crippen LogP contribution < -0.4 is 25.0 Å². The fraction of sp³-hybridized carbons (Fsp3) is 0.407. The number of benzene rings is 2. The number of nitrogens with one attached hydrogen (secondary N) is 2. The summed E-state index contributed by atoms with van der Waals surface area (Å²) in [6.45, 7) is 4.35. The standard InChI is InChI=1S/C27H33ClN6O4S/c1-33-9-11-34(12-10-33)23-16-24(37-2)22-14-18(23)6-4-5-13-38-19-7-8-21(25(15-19)39(3,35)36)30-26-20(28)17-29-27(31-22)32-26/h7-8,14-17H,4-6,9-13H2,1-3H3,(H2,29,30,31,32). The minimum atomic E-state index is -3.57. The van der Waals surface area contributed by atoms with Gasteiger partial charge in [0.15, 0.2) is 15.7 Å². The Morgan fingerprint density at radius 2 is 1.85 bits per heavy atom. The first-order valence-corrected chi connectivity index (χ1v) is 15.2. The maximum atomic E-state index is 12.6. The van der Waals surface area contributed by atoms with Gasteiger partial charge in [-0.2, -0.15) is 4.98 Å². The van der Waals surface area contributed by atoms with Crippen LogP contribution in [-0.4, -0.2) is 76.5 Å². The van der Waals surface area contributed by atoms with Gasteiger partial charge in [0, 0.05) is 50.3 Å². The van der Waals surface area contributed by atoms with Crippen LogP contribution in [0.3, 0.4) is 0 Å². The van der Waals surface area contributed by atoms with Crippen LogP contribution in [0.2, 0.25) is 5.02 Å². The minimum Gasteiger partial charge on any atom is -0.494 e. The van der Waals surface area contributed by atoms with E-state index in [0.29, 0.717) is 29.7 Å². The van der Waals surface area contributed by atoms with Gasteiger partial charge < -0.3 is 29.9 Å². The molecule has 1 aromatic heterocycles. The zero-order valence-corrected chi connectivity index (χ0v) is 23.9. The summed E-state index contributed by atoms with van der Waals surface area (Å²) in [5.74, 6) is 1.73. The zero-order valence-electron chi connectivity index (χ0n) is 22.3. The number of piperazine rings is 1. The summed E-state index contributed by atoms with van der Waals surface area (Å²) in [6, 6.07) is 9.12. The Bertz CT molecular complexity index is 1460. The number of nitrogens with zero attached hydrogens (tertiary/aromatic N) is 4. The van der Waals surface area contributed by atoms with Crippen molar-refractivity contribution in [2.75, 3.05) is 68.7 Å². The summed E-state index contributed by atoms with van der Waals surface area (Å²) in [6.07, 6.45) is 5.17. The van der Waals surface area contributed by atoms with Gasteiger partial charge >= 0.3 is 0 Å². The van der Waals surface area contributed by atoms with E-state index < -0.39 is 9.84 Å². The first-order chi connectivity index (χ1) is 18.7. The van der Waals surface area contributed by atoms with Crippen LogP contribution in [-0.2, 0) is 16.3 Å². The average Bonchev–Trinajstić information content (AvgIpc) is 2.91. The van der Waals surface area contributed by atoms with Gasteiger partial charge in [-0.15, -0.1) is 0 Å². The fourth-order valence-electron chi connectivity index (χ4n) is 4.80. The molecule has 0 unspecified atom stereocenters. The molecule has 1 saturated heterocycles. The molecule has 0 saturated carbocycles. The maximum Gasteiger partial charge on any atom is 0.229 e. The number of rotatable bonds is 3. The Morgan fingerprint density at radius 1 is 1.05 bits per heavy atom. The van der Waals surface area contributed by atoms with Crippen molar-refractivity contribution < 1.29 is 17.9 Å². The molecular formula is C27H33ClN6O4S. The highest BCUT2D eigenvalue weighted by atomic mass is 35.5. The summed E-state index contributed by atoms with van der Waals surface area (Å²) in [5, 5.41) is 6.60. The van der Waals surface area contributed by atoms with Crippen molar-refractivity contribution in [3.8, 4) is 11.5 Å². The number of fused-ring (bicyclic) bond motifs is 6. The molecule has 208 valence electrons. The van der Waals surface area contributed by atoms with Crippen LogP contribution in [0.1, 0.15) is 18.4 Å². The summed E-state index contributed by atoms with van der Waals surface area (Å²) >= 11 is 6.41. The van der Waals surface area contributed by atoms with Gasteiger partial charge in [0.25, 0.3) is 0 Å². The van der Waals surface area contributed by atoms with Crippen molar-refractivity contribution >= 4 is 50.3 Å². The van der Waals surface area contributed by atoms with Gasteiger partial charge in [-0.05, 0) is 50.1 Å². The van der Waals surface area contributed by atoms with E-state index in [-0.39, 0.29) is 15.7 Å². The van der Waals surface area contributed by atoms with Gasteiger partial charge in [-0.25, -0.2) is 13.4 Å². The lowest BCUT2D eigenvalue weighted by molar-refractivity contribution is 0.306. The molecule has 0 aliphatic carbocycles. The summed E-state index contributed by atoms with van der Waals surface area (Å²) in [4.78, 5) is 13.7. The van der Waals surface area contributed by atoms with Gasteiger partial charge in [0.2, 0.25) is 5.95 Å². The largest absolute Gasteiger partial charge is 0.494 e. The number of aromatic nitrogens is 2. The molecule has 0 spiro atoms. The summed E-state index contributed by atoms with van der Waals surface area (Å²) in [7, 11) is 0.220. The molecule has 12 heteroatoms. The van der Waals surface area contributed by atoms with Crippen LogP contribution in [0.4, 0.5) is 28.8 Å². The molecule has 0 atom stereocenters. The third-order valence-corrected chi connectivity index (χ3v) is 8.36. The Balaban J connectivity index is 1.56. The molecule has 0 amide bonds. The molecule has 2 aromatic carbocycles. The minimum absolute atomic E-state index is 0.0960. The normalized spacial score (nSPS) is 16.6. The number of hydrogen-bond donors (Lipinski definition) is 2. The molecule has 4 heterocycles. The van der Waals surface area contributed by atoms with Crippen LogP contribution in [0.5, 0.6) is 11.5 Å². The third kappa shape index (κ3) is 6.32. The highest BCUT2D eigenvalue weighted by molar-refractivity contribution is 7.90. The number of hydrogen-bond acceptors (Lipinski definition) is 10. The van der Waals surface area contributed by atoms with E-state index in [1.54, 1.807) is 19.2 Å². The molecule has 6 bridgehead atoms. The quantitative estimate of drug-likeness (QED) is 0.466. The summed E-state index contributed by atoms with van der Waals surface area (Å²) < 4.78 is 36.9. The lowest BCUT2D eigenvalue weighted by Crippen LogP contribution is -2.44. The first-order valence-electron chi connectivity index (χ1n) is 12.9. The van der Waals surface area contributed by atoms with Gasteiger partial charge in [0.05, 0.1) is 36.2 Å². The van der Waals surface area contributed by atoms with Crippen molar-refractivity contribution in [1.82, 2.24) is 14.9 Å². The van der Waals surface area contributed by atoms with Crippen molar-refractivity contribution in [2.24, 2.45) is 0 Å². The maximum absolute atomic E-state index is 12.6. The number of halogens is 1. The second kappa shape index (κ2) is 11.4. The topological polar surface area (TPSA) is 109 Å². The number of methoxy groups -OCH3 is 1. The number of sulfone groups is 1. The van der Waals surface area contributed by atoms with E-state index in [1.165, 1.54) is 17.8 Å². The van der Waals surface area contributed by atoms with E-state index in [0.717, 1.165) is 63.1 Å². The molecule has 3 aliphatic heterocycles. The van der Waals surface area contributed by atoms with Crippen LogP contribution in [0.15, 0.2) is 41.4 Å². The predicted octanol–water partition coefficient (Wildman–Crippen LogP) is 4.50. The number of ether oxygens (including phenoxy) is 2. The second-order valence-electron chi connectivity index (χ2n) is 9.85. The lowest BCUT2D eigenvalue weighted by atomic mass is 10.0. The average molecular weight is 573 g/mol. The molecule has 1 fully saturated rings. The first kappa shape index (κ1) is 27.3. The Kier molecular flexibility index (Phi) is 8.01. The number of anilines is 5. The van der Waals surface area contributed by atoms with Crippen LogP contribution >= 0.6 is 11.6 Å². The molecule has 2 N–H and O–H groups in total. The highest BCUT2D eigenvalue weighted by Gasteiger charge is 2.21. The van der Waals surface area contributed by atoms with E-state index in [2.05, 4.69) is 49.6 Å². The molecular weight excluding hydrogens is 540 g/mol. The molecule has 10 nitrogen and oxygen atoms in total. The van der Waals surface area contributed by atoms with Crippen LogP contribution in [0.25, 0.3) is 0 Å². The number of aryl methyl sites for hydroxylation is 1. The van der Waals surface area contributed by atoms with Crippen molar-refractivity contribution in [3.63, 3.8) is 0 Å². The molecule has 3 aliphatic rings. The molecule has 0 radical (unpaired) electrons. The molecule has 3 aromatic rings. The monoisotopic (exact) mass is 572 g/mol. The second-order valence-corrected chi connectivity index (χ2v) is 12.2. The zero-order chi connectivity index (χ0) is 27.6. The van der Waals surface area contributed by atoms with Gasteiger partial charge in [0.1, 0.15) is 16.5 Å². The van der Waals surface area contributed by atoms with Crippen molar-refractivity contribution in [3.05, 3.63) is 47.1 Å². The van der Waals surface area contributed by atoms with Gasteiger partial charge in [-0.1, -0.05) is 11.6 Å². The van der Waals surface area contributed by atoms with E-state index in [9.17, 15) is 8.42 Å². The van der Waals surface area contributed by atoms with Gasteiger partial charge in [-0.3, -0.25) is 0 Å².